The molecular weight excluding hydrogens is 408 g/mol. The Bertz CT molecular complexity index is 986. The second-order valence-electron chi connectivity index (χ2n) is 6.27. The van der Waals surface area contributed by atoms with E-state index in [0.717, 1.165) is 11.1 Å². The highest BCUT2D eigenvalue weighted by atomic mass is 79.9. The molecule has 2 amide bonds. The molecule has 0 bridgehead atoms. The number of rotatable bonds is 4. The topological polar surface area (TPSA) is 67.2 Å². The zero-order valence-corrected chi connectivity index (χ0v) is 16.0. The highest BCUT2D eigenvalue weighted by Gasteiger charge is 2.32. The van der Waals surface area contributed by atoms with E-state index >= 15 is 0 Å². The molecule has 0 spiro atoms. The zero-order valence-electron chi connectivity index (χ0n) is 14.4. The number of benzene rings is 2. The molecule has 4 rings (SSSR count). The molecule has 7 heteroatoms. The van der Waals surface area contributed by atoms with E-state index in [1.165, 1.54) is 0 Å². The first-order valence-electron chi connectivity index (χ1n) is 8.56. The highest BCUT2D eigenvalue weighted by Crippen LogP contribution is 2.30. The van der Waals surface area contributed by atoms with Crippen LogP contribution in [0.4, 0.5) is 5.82 Å². The summed E-state index contributed by atoms with van der Waals surface area (Å²) in [5.74, 6) is -0.0105. The van der Waals surface area contributed by atoms with Crippen LogP contribution in [0.5, 0.6) is 0 Å². The average Bonchev–Trinajstić information content (AvgIpc) is 2.96. The maximum atomic E-state index is 12.8. The Labute approximate surface area is 165 Å². The van der Waals surface area contributed by atoms with Gasteiger partial charge in [0.1, 0.15) is 5.82 Å². The molecule has 136 valence electrons. The third-order valence-corrected chi connectivity index (χ3v) is 5.04. The summed E-state index contributed by atoms with van der Waals surface area (Å²) in [7, 11) is 0. The van der Waals surface area contributed by atoms with Gasteiger partial charge in [0, 0.05) is 0 Å². The van der Waals surface area contributed by atoms with Crippen LogP contribution in [0.15, 0.2) is 65.4 Å². The van der Waals surface area contributed by atoms with Crippen LogP contribution in [-0.2, 0) is 17.9 Å². The predicted molar refractivity (Wildman–Crippen MR) is 105 cm³/mol. The number of anilines is 1. The third-order valence-electron chi connectivity index (χ3n) is 4.43. The lowest BCUT2D eigenvalue weighted by atomic mass is 10.2. The quantitative estimate of drug-likeness (QED) is 0.699. The van der Waals surface area contributed by atoms with Gasteiger partial charge in [-0.25, -0.2) is 4.98 Å². The van der Waals surface area contributed by atoms with Crippen LogP contribution in [0.3, 0.4) is 0 Å². The normalized spacial score (nSPS) is 13.9. The van der Waals surface area contributed by atoms with Crippen LogP contribution < -0.4 is 10.2 Å². The Morgan fingerprint density at radius 2 is 1.52 bits per heavy atom. The zero-order chi connectivity index (χ0) is 18.8. The Kier molecular flexibility index (Phi) is 4.77. The Morgan fingerprint density at radius 1 is 0.926 bits per heavy atom. The van der Waals surface area contributed by atoms with Crippen LogP contribution in [0.2, 0.25) is 0 Å². The van der Waals surface area contributed by atoms with E-state index in [-0.39, 0.29) is 24.1 Å². The first-order chi connectivity index (χ1) is 13.1. The SMILES string of the molecule is O=C1NCC(=O)N(Cc2ccccc2)c2c1nc(Br)n2Cc1ccccc1. The lowest BCUT2D eigenvalue weighted by Crippen LogP contribution is -2.37. The smallest absolute Gasteiger partial charge is 0.274 e. The van der Waals surface area contributed by atoms with Crippen molar-refractivity contribution in [2.75, 3.05) is 11.4 Å². The average molecular weight is 425 g/mol. The standard InChI is InChI=1S/C20H17BrN4O2/c21-20-23-17-18(27)22-11-16(26)24(12-14-7-3-1-4-8-14)19(17)25(20)13-15-9-5-2-6-10-15/h1-10H,11-13H2,(H,22,27). The van der Waals surface area contributed by atoms with E-state index in [9.17, 15) is 9.59 Å². The fourth-order valence-corrected chi connectivity index (χ4v) is 3.60. The second kappa shape index (κ2) is 7.36. The number of carbonyl (C=O) groups excluding carboxylic acids is 2. The molecule has 6 nitrogen and oxygen atoms in total. The van der Waals surface area contributed by atoms with Crippen molar-refractivity contribution in [1.29, 1.82) is 0 Å². The molecule has 2 heterocycles. The minimum absolute atomic E-state index is 0.0506. The Hall–Kier alpha value is -2.93. The molecule has 0 saturated heterocycles. The number of hydrogen-bond acceptors (Lipinski definition) is 3. The number of hydrogen-bond donors (Lipinski definition) is 1. The first kappa shape index (κ1) is 17.5. The Morgan fingerprint density at radius 3 is 2.15 bits per heavy atom. The number of imidazole rings is 1. The number of aromatic nitrogens is 2. The maximum Gasteiger partial charge on any atom is 0.274 e. The molecule has 0 aliphatic carbocycles. The minimum atomic E-state index is -0.346. The van der Waals surface area contributed by atoms with Crippen molar-refractivity contribution >= 4 is 33.6 Å². The van der Waals surface area contributed by atoms with Crippen LogP contribution in [0, 0.1) is 0 Å². The van der Waals surface area contributed by atoms with Crippen LogP contribution >= 0.6 is 15.9 Å². The number of amides is 2. The van der Waals surface area contributed by atoms with Gasteiger partial charge >= 0.3 is 0 Å². The van der Waals surface area contributed by atoms with E-state index in [2.05, 4.69) is 26.2 Å². The molecule has 0 unspecified atom stereocenters. The summed E-state index contributed by atoms with van der Waals surface area (Å²) in [4.78, 5) is 31.3. The van der Waals surface area contributed by atoms with Gasteiger partial charge in [-0.2, -0.15) is 0 Å². The molecule has 0 fully saturated rings. The van der Waals surface area contributed by atoms with E-state index in [1.54, 1.807) is 4.90 Å². The van der Waals surface area contributed by atoms with Crippen molar-refractivity contribution in [2.24, 2.45) is 0 Å². The summed E-state index contributed by atoms with van der Waals surface area (Å²) in [6.45, 7) is 0.815. The van der Waals surface area contributed by atoms with E-state index in [1.807, 2.05) is 65.2 Å². The molecule has 2 aromatic carbocycles. The first-order valence-corrected chi connectivity index (χ1v) is 9.35. The van der Waals surface area contributed by atoms with Gasteiger partial charge in [0.05, 0.1) is 19.6 Å². The van der Waals surface area contributed by atoms with Crippen LogP contribution in [0.1, 0.15) is 21.6 Å². The van der Waals surface area contributed by atoms with Crippen molar-refractivity contribution in [3.8, 4) is 0 Å². The fourth-order valence-electron chi connectivity index (χ4n) is 3.13. The molecule has 3 aromatic rings. The lowest BCUT2D eigenvalue weighted by Gasteiger charge is -2.23. The number of halogens is 1. The summed E-state index contributed by atoms with van der Waals surface area (Å²) in [5.41, 5.74) is 2.28. The Balaban J connectivity index is 1.81. The number of fused-ring (bicyclic) bond motifs is 1. The fraction of sp³-hybridized carbons (Fsp3) is 0.150. The van der Waals surface area contributed by atoms with Crippen molar-refractivity contribution < 1.29 is 9.59 Å². The van der Waals surface area contributed by atoms with Crippen LogP contribution in [0.25, 0.3) is 0 Å². The summed E-state index contributed by atoms with van der Waals surface area (Å²) in [6, 6.07) is 19.6. The van der Waals surface area contributed by atoms with Gasteiger partial charge in [0.15, 0.2) is 10.4 Å². The van der Waals surface area contributed by atoms with Gasteiger partial charge in [0.25, 0.3) is 5.91 Å². The molecule has 1 aliphatic rings. The lowest BCUT2D eigenvalue weighted by molar-refractivity contribution is -0.117. The van der Waals surface area contributed by atoms with Crippen LogP contribution in [-0.4, -0.2) is 27.9 Å². The van der Waals surface area contributed by atoms with Gasteiger partial charge in [-0.3, -0.25) is 19.1 Å². The number of nitrogens with zero attached hydrogens (tertiary/aromatic N) is 3. The molecule has 0 saturated carbocycles. The predicted octanol–water partition coefficient (Wildman–Crippen LogP) is 2.97. The van der Waals surface area contributed by atoms with Gasteiger partial charge in [-0.05, 0) is 27.1 Å². The largest absolute Gasteiger partial charge is 0.341 e. The van der Waals surface area contributed by atoms with Crippen molar-refractivity contribution in [1.82, 2.24) is 14.9 Å². The number of nitrogens with one attached hydrogen (secondary N) is 1. The monoisotopic (exact) mass is 424 g/mol. The molecule has 1 aliphatic heterocycles. The number of carbonyl (C=O) groups is 2. The molecular formula is C20H17BrN4O2. The summed E-state index contributed by atoms with van der Waals surface area (Å²) >= 11 is 3.45. The van der Waals surface area contributed by atoms with E-state index < -0.39 is 0 Å². The molecule has 27 heavy (non-hydrogen) atoms. The molecule has 0 atom stereocenters. The third kappa shape index (κ3) is 3.50. The summed E-state index contributed by atoms with van der Waals surface area (Å²) in [6.07, 6.45) is 0. The summed E-state index contributed by atoms with van der Waals surface area (Å²) < 4.78 is 2.37. The molecule has 1 aromatic heterocycles. The van der Waals surface area contributed by atoms with E-state index in [0.29, 0.717) is 23.6 Å². The van der Waals surface area contributed by atoms with Gasteiger partial charge in [0.2, 0.25) is 5.91 Å². The van der Waals surface area contributed by atoms with E-state index in [4.69, 9.17) is 0 Å². The van der Waals surface area contributed by atoms with Gasteiger partial charge in [-0.1, -0.05) is 60.7 Å². The second-order valence-corrected chi connectivity index (χ2v) is 6.98. The van der Waals surface area contributed by atoms with Gasteiger partial charge in [-0.15, -0.1) is 0 Å². The molecule has 0 radical (unpaired) electrons. The van der Waals surface area contributed by atoms with Crippen molar-refractivity contribution in [3.63, 3.8) is 0 Å². The maximum absolute atomic E-state index is 12.8. The molecule has 1 N–H and O–H groups in total. The van der Waals surface area contributed by atoms with Crippen molar-refractivity contribution in [2.45, 2.75) is 13.1 Å². The minimum Gasteiger partial charge on any atom is -0.341 e. The summed E-state index contributed by atoms with van der Waals surface area (Å²) in [5, 5.41) is 2.64. The van der Waals surface area contributed by atoms with Gasteiger partial charge < -0.3 is 5.32 Å². The highest BCUT2D eigenvalue weighted by molar-refractivity contribution is 9.10. The van der Waals surface area contributed by atoms with Crippen molar-refractivity contribution in [3.05, 3.63) is 82.2 Å².